The monoisotopic (exact) mass is 295 g/mol. The van der Waals surface area contributed by atoms with Crippen LogP contribution in [0.5, 0.6) is 11.5 Å². The first-order valence-corrected chi connectivity index (χ1v) is 6.98. The van der Waals surface area contributed by atoms with Gasteiger partial charge in [0.15, 0.2) is 0 Å². The van der Waals surface area contributed by atoms with Crippen LogP contribution in [0, 0.1) is 6.92 Å². The first-order valence-electron chi connectivity index (χ1n) is 6.98. The molecule has 0 radical (unpaired) electrons. The maximum absolute atomic E-state index is 12.7. The van der Waals surface area contributed by atoms with E-state index < -0.39 is 0 Å². The number of benzene rings is 2. The largest absolute Gasteiger partial charge is 0.497 e. The van der Waals surface area contributed by atoms with Crippen molar-refractivity contribution in [3.8, 4) is 11.5 Å². The third kappa shape index (κ3) is 2.44. The molecule has 0 aliphatic carbocycles. The van der Waals surface area contributed by atoms with Crippen molar-refractivity contribution in [1.82, 2.24) is 4.98 Å². The number of aryl methyl sites for hydroxylation is 1. The number of aromatic amines is 1. The second-order valence-corrected chi connectivity index (χ2v) is 5.17. The summed E-state index contributed by atoms with van der Waals surface area (Å²) in [5.41, 5.74) is 3.16. The first-order chi connectivity index (χ1) is 10.6. The molecule has 4 heteroatoms. The van der Waals surface area contributed by atoms with E-state index >= 15 is 0 Å². The fraction of sp³-hybridized carbons (Fsp3) is 0.167. The Hall–Kier alpha value is -2.75. The summed E-state index contributed by atoms with van der Waals surface area (Å²) in [5, 5.41) is 1.02. The van der Waals surface area contributed by atoms with Crippen LogP contribution in [0.3, 0.4) is 0 Å². The van der Waals surface area contributed by atoms with Crippen LogP contribution in [-0.4, -0.2) is 25.0 Å². The molecular formula is C18H17NO3. The number of hydrogen-bond donors (Lipinski definition) is 1. The molecule has 3 aromatic rings. The predicted octanol–water partition coefficient (Wildman–Crippen LogP) is 3.72. The third-order valence-electron chi connectivity index (χ3n) is 3.67. The van der Waals surface area contributed by atoms with Crippen molar-refractivity contribution < 1.29 is 14.3 Å². The summed E-state index contributed by atoms with van der Waals surface area (Å²) in [6.45, 7) is 2.03. The summed E-state index contributed by atoms with van der Waals surface area (Å²) >= 11 is 0. The first kappa shape index (κ1) is 14.2. The van der Waals surface area contributed by atoms with Crippen molar-refractivity contribution >= 4 is 16.7 Å². The summed E-state index contributed by atoms with van der Waals surface area (Å²) < 4.78 is 10.5. The second-order valence-electron chi connectivity index (χ2n) is 5.17. The molecule has 0 bridgehead atoms. The van der Waals surface area contributed by atoms with Gasteiger partial charge in [0.05, 0.1) is 25.5 Å². The molecule has 0 amide bonds. The topological polar surface area (TPSA) is 51.3 Å². The molecule has 0 aliphatic heterocycles. The normalized spacial score (nSPS) is 10.7. The highest BCUT2D eigenvalue weighted by Crippen LogP contribution is 2.27. The smallest absolute Gasteiger partial charge is 0.212 e. The van der Waals surface area contributed by atoms with Crippen LogP contribution < -0.4 is 9.47 Å². The molecule has 3 rings (SSSR count). The Balaban J connectivity index is 2.05. The number of carbonyl (C=O) groups is 1. The van der Waals surface area contributed by atoms with Crippen molar-refractivity contribution in [3.05, 3.63) is 59.3 Å². The Labute approximate surface area is 128 Å². The summed E-state index contributed by atoms with van der Waals surface area (Å²) in [6, 6.07) is 13.1. The van der Waals surface area contributed by atoms with Gasteiger partial charge in [-0.1, -0.05) is 11.6 Å². The molecule has 2 aromatic carbocycles. The average Bonchev–Trinajstić information content (AvgIpc) is 2.96. The van der Waals surface area contributed by atoms with Crippen LogP contribution in [0.2, 0.25) is 0 Å². The van der Waals surface area contributed by atoms with Crippen LogP contribution in [0.4, 0.5) is 0 Å². The lowest BCUT2D eigenvalue weighted by Crippen LogP contribution is -2.04. The number of nitrogens with one attached hydrogen (secondary N) is 1. The van der Waals surface area contributed by atoms with Gasteiger partial charge < -0.3 is 14.5 Å². The highest BCUT2D eigenvalue weighted by molar-refractivity contribution is 6.11. The number of methoxy groups -OCH3 is 2. The van der Waals surface area contributed by atoms with Gasteiger partial charge in [0.1, 0.15) is 11.5 Å². The van der Waals surface area contributed by atoms with Gasteiger partial charge in [0.2, 0.25) is 5.78 Å². The fourth-order valence-corrected chi connectivity index (χ4v) is 2.51. The zero-order valence-electron chi connectivity index (χ0n) is 12.8. The van der Waals surface area contributed by atoms with E-state index in [9.17, 15) is 4.79 Å². The maximum atomic E-state index is 12.7. The SMILES string of the molecule is COc1ccc(C(=O)c2cc3cc(C)ccc3[nH]2)c(OC)c1. The number of hydrogen-bond acceptors (Lipinski definition) is 3. The molecular weight excluding hydrogens is 278 g/mol. The van der Waals surface area contributed by atoms with Gasteiger partial charge in [-0.25, -0.2) is 0 Å². The Morgan fingerprint density at radius 2 is 1.82 bits per heavy atom. The minimum absolute atomic E-state index is 0.103. The molecule has 0 spiro atoms. The number of ether oxygens (including phenoxy) is 2. The highest BCUT2D eigenvalue weighted by Gasteiger charge is 2.17. The number of rotatable bonds is 4. The standard InChI is InChI=1S/C18H17NO3/c1-11-4-7-15-12(8-11)9-16(19-15)18(20)14-6-5-13(21-2)10-17(14)22-3/h4-10,19H,1-3H3. The number of ketones is 1. The molecule has 1 N–H and O–H groups in total. The van der Waals surface area contributed by atoms with E-state index in [0.717, 1.165) is 16.5 Å². The Morgan fingerprint density at radius 1 is 1.00 bits per heavy atom. The van der Waals surface area contributed by atoms with Gasteiger partial charge in [-0.2, -0.15) is 0 Å². The molecule has 0 fully saturated rings. The number of aromatic nitrogens is 1. The van der Waals surface area contributed by atoms with E-state index in [1.54, 1.807) is 32.4 Å². The molecule has 0 atom stereocenters. The van der Waals surface area contributed by atoms with E-state index in [0.29, 0.717) is 22.8 Å². The summed E-state index contributed by atoms with van der Waals surface area (Å²) in [6.07, 6.45) is 0. The zero-order valence-corrected chi connectivity index (χ0v) is 12.8. The zero-order chi connectivity index (χ0) is 15.7. The van der Waals surface area contributed by atoms with Crippen molar-refractivity contribution in [1.29, 1.82) is 0 Å². The van der Waals surface area contributed by atoms with E-state index in [4.69, 9.17) is 9.47 Å². The lowest BCUT2D eigenvalue weighted by molar-refractivity contribution is 0.103. The van der Waals surface area contributed by atoms with Gasteiger partial charge in [-0.15, -0.1) is 0 Å². The van der Waals surface area contributed by atoms with Crippen molar-refractivity contribution in [2.75, 3.05) is 14.2 Å². The quantitative estimate of drug-likeness (QED) is 0.746. The predicted molar refractivity (Wildman–Crippen MR) is 86.0 cm³/mol. The molecule has 1 aromatic heterocycles. The molecule has 22 heavy (non-hydrogen) atoms. The minimum Gasteiger partial charge on any atom is -0.497 e. The van der Waals surface area contributed by atoms with Crippen molar-refractivity contribution in [2.24, 2.45) is 0 Å². The van der Waals surface area contributed by atoms with Gasteiger partial charge >= 0.3 is 0 Å². The fourth-order valence-electron chi connectivity index (χ4n) is 2.51. The third-order valence-corrected chi connectivity index (χ3v) is 3.67. The molecule has 0 saturated carbocycles. The van der Waals surface area contributed by atoms with E-state index in [1.165, 1.54) is 0 Å². The van der Waals surface area contributed by atoms with Crippen LogP contribution in [0.25, 0.3) is 10.9 Å². The average molecular weight is 295 g/mol. The lowest BCUT2D eigenvalue weighted by Gasteiger charge is -2.08. The van der Waals surface area contributed by atoms with E-state index in [2.05, 4.69) is 4.98 Å². The Morgan fingerprint density at radius 3 is 2.55 bits per heavy atom. The Bertz CT molecular complexity index is 849. The highest BCUT2D eigenvalue weighted by atomic mass is 16.5. The van der Waals surface area contributed by atoms with Gasteiger partial charge in [0, 0.05) is 17.0 Å². The van der Waals surface area contributed by atoms with Gasteiger partial charge in [0.25, 0.3) is 0 Å². The van der Waals surface area contributed by atoms with E-state index in [1.807, 2.05) is 31.2 Å². The number of H-pyrrole nitrogens is 1. The maximum Gasteiger partial charge on any atom is 0.212 e. The van der Waals surface area contributed by atoms with Crippen LogP contribution in [-0.2, 0) is 0 Å². The molecule has 0 saturated heterocycles. The van der Waals surface area contributed by atoms with Crippen LogP contribution in [0.15, 0.2) is 42.5 Å². The molecule has 112 valence electrons. The van der Waals surface area contributed by atoms with Crippen molar-refractivity contribution in [3.63, 3.8) is 0 Å². The van der Waals surface area contributed by atoms with Gasteiger partial charge in [-0.05, 0) is 37.3 Å². The van der Waals surface area contributed by atoms with E-state index in [-0.39, 0.29) is 5.78 Å². The summed E-state index contributed by atoms with van der Waals surface area (Å²) in [4.78, 5) is 15.9. The molecule has 4 nitrogen and oxygen atoms in total. The van der Waals surface area contributed by atoms with Gasteiger partial charge in [-0.3, -0.25) is 4.79 Å². The molecule has 0 aliphatic rings. The molecule has 0 unspecified atom stereocenters. The van der Waals surface area contributed by atoms with Crippen molar-refractivity contribution in [2.45, 2.75) is 6.92 Å². The summed E-state index contributed by atoms with van der Waals surface area (Å²) in [5.74, 6) is 1.05. The summed E-state index contributed by atoms with van der Waals surface area (Å²) in [7, 11) is 3.12. The number of carbonyl (C=O) groups excluding carboxylic acids is 1. The lowest BCUT2D eigenvalue weighted by atomic mass is 10.1. The minimum atomic E-state index is -0.103. The van der Waals surface area contributed by atoms with Crippen LogP contribution in [0.1, 0.15) is 21.6 Å². The van der Waals surface area contributed by atoms with Crippen LogP contribution >= 0.6 is 0 Å². The number of fused-ring (bicyclic) bond motifs is 1. The second kappa shape index (κ2) is 5.56. The molecule has 1 heterocycles. The Kier molecular flexibility index (Phi) is 3.59.